The first-order chi connectivity index (χ1) is 5.09. The quantitative estimate of drug-likeness (QED) is 0.546. The molecule has 0 aromatic rings. The van der Waals surface area contributed by atoms with Gasteiger partial charge >= 0.3 is 0 Å². The van der Waals surface area contributed by atoms with Crippen molar-refractivity contribution in [1.29, 1.82) is 0 Å². The Morgan fingerprint density at radius 2 is 1.64 bits per heavy atom. The van der Waals surface area contributed by atoms with Gasteiger partial charge in [0.05, 0.1) is 0 Å². The van der Waals surface area contributed by atoms with E-state index in [2.05, 4.69) is 13.2 Å². The van der Waals surface area contributed by atoms with Gasteiger partial charge in [0.2, 0.25) is 0 Å². The van der Waals surface area contributed by atoms with Crippen LogP contribution in [0.1, 0.15) is 27.7 Å². The van der Waals surface area contributed by atoms with Crippen LogP contribution in [-0.2, 0) is 0 Å². The molecule has 0 saturated carbocycles. The van der Waals surface area contributed by atoms with Crippen molar-refractivity contribution in [2.24, 2.45) is 0 Å². The molecule has 0 N–H and O–H groups in total. The highest BCUT2D eigenvalue weighted by molar-refractivity contribution is 6.31. The largest absolute Gasteiger partial charge is 0.0976 e. The maximum absolute atomic E-state index is 5.71. The summed E-state index contributed by atoms with van der Waals surface area (Å²) in [5.74, 6) is 0. The summed E-state index contributed by atoms with van der Waals surface area (Å²) >= 11 is 5.71. The minimum absolute atomic E-state index is 0.683. The van der Waals surface area contributed by atoms with Gasteiger partial charge in [0, 0.05) is 5.03 Å². The number of hydrogen-bond donors (Lipinski definition) is 0. The molecule has 0 heterocycles. The Morgan fingerprint density at radius 1 is 1.27 bits per heavy atom. The SMILES string of the molecule is C=C/C(Cl)=C(/C)C(=C)C.CC. The minimum Gasteiger partial charge on any atom is -0.0976 e. The summed E-state index contributed by atoms with van der Waals surface area (Å²) < 4.78 is 0. The molecule has 0 aromatic carbocycles. The van der Waals surface area contributed by atoms with Crippen LogP contribution in [0.5, 0.6) is 0 Å². The number of rotatable bonds is 2. The van der Waals surface area contributed by atoms with Gasteiger partial charge in [0.15, 0.2) is 0 Å². The van der Waals surface area contributed by atoms with Crippen molar-refractivity contribution < 1.29 is 0 Å². The number of hydrogen-bond acceptors (Lipinski definition) is 0. The van der Waals surface area contributed by atoms with Crippen LogP contribution in [0.25, 0.3) is 0 Å². The van der Waals surface area contributed by atoms with Crippen LogP contribution in [-0.4, -0.2) is 0 Å². The average molecular weight is 173 g/mol. The number of halogens is 1. The highest BCUT2D eigenvalue weighted by Gasteiger charge is 1.93. The fourth-order valence-electron chi connectivity index (χ4n) is 0.357. The monoisotopic (exact) mass is 172 g/mol. The lowest BCUT2D eigenvalue weighted by molar-refractivity contribution is 1.35. The molecular weight excluding hydrogens is 156 g/mol. The second-order valence-electron chi connectivity index (χ2n) is 1.96. The highest BCUT2D eigenvalue weighted by atomic mass is 35.5. The zero-order chi connectivity index (χ0) is 9.44. The molecule has 0 nitrogen and oxygen atoms in total. The first-order valence-electron chi connectivity index (χ1n) is 3.74. The van der Waals surface area contributed by atoms with Crippen LogP contribution < -0.4 is 0 Å². The molecule has 64 valence electrons. The van der Waals surface area contributed by atoms with E-state index in [4.69, 9.17) is 11.6 Å². The Morgan fingerprint density at radius 3 is 1.73 bits per heavy atom. The molecule has 0 atom stereocenters. The molecule has 0 amide bonds. The molecule has 0 aliphatic carbocycles. The van der Waals surface area contributed by atoms with Crippen molar-refractivity contribution in [2.75, 3.05) is 0 Å². The Labute approximate surface area is 75.3 Å². The zero-order valence-corrected chi connectivity index (χ0v) is 8.63. The summed E-state index contributed by atoms with van der Waals surface area (Å²) in [4.78, 5) is 0. The normalized spacial score (nSPS) is 10.6. The summed E-state index contributed by atoms with van der Waals surface area (Å²) in [5, 5.41) is 0.683. The molecule has 0 aromatic heterocycles. The summed E-state index contributed by atoms with van der Waals surface area (Å²) in [6.45, 7) is 15.1. The lowest BCUT2D eigenvalue weighted by atomic mass is 10.1. The van der Waals surface area contributed by atoms with E-state index in [1.54, 1.807) is 6.08 Å². The van der Waals surface area contributed by atoms with Crippen molar-refractivity contribution in [2.45, 2.75) is 27.7 Å². The summed E-state index contributed by atoms with van der Waals surface area (Å²) in [5.41, 5.74) is 1.99. The van der Waals surface area contributed by atoms with Crippen LogP contribution in [0.3, 0.4) is 0 Å². The fraction of sp³-hybridized carbons (Fsp3) is 0.400. The third-order valence-corrected chi connectivity index (χ3v) is 1.62. The van der Waals surface area contributed by atoms with E-state index in [1.807, 2.05) is 27.7 Å². The zero-order valence-electron chi connectivity index (χ0n) is 7.87. The van der Waals surface area contributed by atoms with Gasteiger partial charge in [-0.1, -0.05) is 50.3 Å². The average Bonchev–Trinajstić information content (AvgIpc) is 2.05. The maximum Gasteiger partial charge on any atom is 0.0431 e. The van der Waals surface area contributed by atoms with Gasteiger partial charge < -0.3 is 0 Å². The molecule has 0 aliphatic rings. The highest BCUT2D eigenvalue weighted by Crippen LogP contribution is 2.15. The third kappa shape index (κ3) is 5.93. The van der Waals surface area contributed by atoms with E-state index in [9.17, 15) is 0 Å². The van der Waals surface area contributed by atoms with Gasteiger partial charge in [0.25, 0.3) is 0 Å². The lowest BCUT2D eigenvalue weighted by Crippen LogP contribution is -1.77. The summed E-state index contributed by atoms with van der Waals surface area (Å²) in [6, 6.07) is 0. The van der Waals surface area contributed by atoms with E-state index < -0.39 is 0 Å². The first kappa shape index (κ1) is 13.1. The molecule has 11 heavy (non-hydrogen) atoms. The van der Waals surface area contributed by atoms with E-state index in [0.29, 0.717) is 5.03 Å². The van der Waals surface area contributed by atoms with Crippen LogP contribution in [0.2, 0.25) is 0 Å². The maximum atomic E-state index is 5.71. The minimum atomic E-state index is 0.683. The van der Waals surface area contributed by atoms with Crippen molar-refractivity contribution in [3.63, 3.8) is 0 Å². The Balaban J connectivity index is 0. The fourth-order valence-corrected chi connectivity index (χ4v) is 0.518. The van der Waals surface area contributed by atoms with Crippen molar-refractivity contribution in [3.8, 4) is 0 Å². The van der Waals surface area contributed by atoms with E-state index in [-0.39, 0.29) is 0 Å². The molecule has 0 bridgehead atoms. The first-order valence-corrected chi connectivity index (χ1v) is 4.12. The van der Waals surface area contributed by atoms with E-state index in [0.717, 1.165) is 11.1 Å². The Hall–Kier alpha value is -0.490. The van der Waals surface area contributed by atoms with Gasteiger partial charge in [-0.3, -0.25) is 0 Å². The smallest absolute Gasteiger partial charge is 0.0431 e. The van der Waals surface area contributed by atoms with Crippen molar-refractivity contribution in [1.82, 2.24) is 0 Å². The van der Waals surface area contributed by atoms with Crippen molar-refractivity contribution >= 4 is 11.6 Å². The second-order valence-corrected chi connectivity index (χ2v) is 2.36. The van der Waals surface area contributed by atoms with Crippen LogP contribution in [0, 0.1) is 0 Å². The molecule has 1 heteroatoms. The molecular formula is C10H17Cl. The third-order valence-electron chi connectivity index (χ3n) is 1.18. The Bertz CT molecular complexity index is 164. The summed E-state index contributed by atoms with van der Waals surface area (Å²) in [7, 11) is 0. The second kappa shape index (κ2) is 7.62. The topological polar surface area (TPSA) is 0 Å². The molecule has 0 spiro atoms. The lowest BCUT2D eigenvalue weighted by Gasteiger charge is -1.98. The van der Waals surface area contributed by atoms with Gasteiger partial charge in [0.1, 0.15) is 0 Å². The standard InChI is InChI=1S/C8H11Cl.C2H6/c1-5-8(9)7(4)6(2)3;1-2/h5H,1-2H2,3-4H3;1-2H3/b8-7+;. The van der Waals surface area contributed by atoms with E-state index in [1.165, 1.54) is 0 Å². The van der Waals surface area contributed by atoms with Crippen LogP contribution >= 0.6 is 11.6 Å². The predicted octanol–water partition coefficient (Wildman–Crippen LogP) is 4.29. The molecule has 0 fully saturated rings. The molecule has 0 unspecified atom stereocenters. The van der Waals surface area contributed by atoms with Gasteiger partial charge in [-0.15, -0.1) is 0 Å². The summed E-state index contributed by atoms with van der Waals surface area (Å²) in [6.07, 6.45) is 1.62. The van der Waals surface area contributed by atoms with Gasteiger partial charge in [-0.05, 0) is 19.4 Å². The van der Waals surface area contributed by atoms with E-state index >= 15 is 0 Å². The van der Waals surface area contributed by atoms with Gasteiger partial charge in [-0.2, -0.15) is 0 Å². The Kier molecular flexibility index (Phi) is 9.09. The molecule has 0 aliphatic heterocycles. The number of allylic oxidation sites excluding steroid dienone is 4. The van der Waals surface area contributed by atoms with Crippen LogP contribution in [0.15, 0.2) is 35.4 Å². The van der Waals surface area contributed by atoms with Crippen LogP contribution in [0.4, 0.5) is 0 Å². The molecule has 0 radical (unpaired) electrons. The molecule has 0 saturated heterocycles. The molecule has 0 rings (SSSR count). The predicted molar refractivity (Wildman–Crippen MR) is 54.9 cm³/mol. The van der Waals surface area contributed by atoms with Crippen molar-refractivity contribution in [3.05, 3.63) is 35.4 Å². The van der Waals surface area contributed by atoms with Gasteiger partial charge in [-0.25, -0.2) is 0 Å².